The van der Waals surface area contributed by atoms with Crippen LogP contribution in [0, 0.1) is 0 Å². The minimum atomic E-state index is -2.18. The second-order valence-electron chi connectivity index (χ2n) is 21.6. The van der Waals surface area contributed by atoms with Crippen LogP contribution in [0.1, 0.15) is 72.2 Å². The molecule has 2 aliphatic carbocycles. The first kappa shape index (κ1) is 43.7. The van der Waals surface area contributed by atoms with Gasteiger partial charge in [-0.2, -0.15) is 0 Å². The molecule has 2 aromatic heterocycles. The van der Waals surface area contributed by atoms with Crippen LogP contribution in [0.15, 0.2) is 226 Å². The quantitative estimate of drug-likeness (QED) is 0.161. The fraction of sp³-hybridized carbons (Fsp3) is 0.134. The molecule has 346 valence electrons. The van der Waals surface area contributed by atoms with Gasteiger partial charge in [0.1, 0.15) is 8.07 Å². The third-order valence-electron chi connectivity index (χ3n) is 16.8. The van der Waals surface area contributed by atoms with E-state index in [0.717, 1.165) is 22.5 Å². The van der Waals surface area contributed by atoms with Crippen LogP contribution < -0.4 is 10.4 Å². The average Bonchev–Trinajstić information content (AvgIpc) is 3.80. The van der Waals surface area contributed by atoms with E-state index in [0.29, 0.717) is 0 Å². The van der Waals surface area contributed by atoms with E-state index >= 15 is 0 Å². The van der Waals surface area contributed by atoms with E-state index in [1.165, 1.54) is 108 Å². The number of pyridine rings is 2. The zero-order valence-electron chi connectivity index (χ0n) is 41.3. The third kappa shape index (κ3) is 5.93. The Kier molecular flexibility index (Phi) is 9.56. The fourth-order valence-electron chi connectivity index (χ4n) is 13.3. The predicted octanol–water partition coefficient (Wildman–Crippen LogP) is 16.2. The highest BCUT2D eigenvalue weighted by Gasteiger charge is 2.48. The average molecular weight is 977 g/mol. The molecule has 0 amide bonds. The molecule has 72 heavy (non-hydrogen) atoms. The normalized spacial score (nSPS) is 16.2. The van der Waals surface area contributed by atoms with Gasteiger partial charge in [-0.3, -0.25) is 9.97 Å². The molecule has 0 saturated heterocycles. The van der Waals surface area contributed by atoms with Gasteiger partial charge in [0.15, 0.2) is 0 Å². The zero-order valence-corrected chi connectivity index (χ0v) is 44.0. The minimum Gasteiger partial charge on any atom is -0.256 e. The lowest BCUT2D eigenvalue weighted by atomic mass is 9.64. The molecule has 0 bridgehead atoms. The first-order valence-electron chi connectivity index (χ1n) is 25.2. The Labute approximate surface area is 432 Å². The van der Waals surface area contributed by atoms with Crippen molar-refractivity contribution in [2.75, 3.05) is 0 Å². The molecule has 0 fully saturated rings. The van der Waals surface area contributed by atoms with Gasteiger partial charge in [-0.25, -0.2) is 0 Å². The fourth-order valence-corrected chi connectivity index (χ4v) is 20.3. The lowest BCUT2D eigenvalue weighted by Crippen LogP contribution is -2.56. The van der Waals surface area contributed by atoms with Crippen molar-refractivity contribution >= 4 is 42.0 Å². The van der Waals surface area contributed by atoms with Gasteiger partial charge in [0.2, 0.25) is 0 Å². The van der Waals surface area contributed by atoms with Crippen LogP contribution in [0.2, 0.25) is 13.1 Å². The molecule has 0 saturated carbocycles. The highest BCUT2D eigenvalue weighted by molar-refractivity contribution is 8.00. The molecular weight excluding hydrogens is 925 g/mol. The van der Waals surface area contributed by atoms with E-state index < -0.39 is 13.5 Å². The van der Waals surface area contributed by atoms with Crippen molar-refractivity contribution in [3.8, 4) is 55.9 Å². The molecule has 10 aromatic rings. The summed E-state index contributed by atoms with van der Waals surface area (Å²) in [7, 11) is -2.18. The molecule has 5 heteroatoms. The molecule has 0 radical (unpaired) electrons. The highest BCUT2D eigenvalue weighted by Crippen LogP contribution is 2.62. The Balaban J connectivity index is 0.956. The van der Waals surface area contributed by atoms with Crippen LogP contribution in [-0.2, 0) is 16.2 Å². The molecule has 8 aromatic carbocycles. The Morgan fingerprint density at radius 1 is 0.389 bits per heavy atom. The molecule has 2 aliphatic heterocycles. The Morgan fingerprint density at radius 3 is 1.75 bits per heavy atom. The molecular formula is C67H52N2S2Si. The molecule has 14 rings (SSSR count). The first-order valence-corrected chi connectivity index (χ1v) is 29.9. The smallest absolute Gasteiger partial charge is 0.115 e. The van der Waals surface area contributed by atoms with E-state index in [1.807, 2.05) is 42.0 Å². The zero-order chi connectivity index (χ0) is 48.7. The van der Waals surface area contributed by atoms with E-state index in [-0.39, 0.29) is 10.8 Å². The van der Waals surface area contributed by atoms with Crippen molar-refractivity contribution in [1.82, 2.24) is 9.97 Å². The number of nitrogens with zero attached hydrogens (tertiary/aromatic N) is 2. The lowest BCUT2D eigenvalue weighted by Gasteiger charge is -2.42. The summed E-state index contributed by atoms with van der Waals surface area (Å²) in [6, 6.07) is 73.0. The van der Waals surface area contributed by atoms with Gasteiger partial charge in [-0.05, 0) is 113 Å². The number of rotatable bonds is 5. The molecule has 4 aliphatic rings. The number of hydrogen-bond donors (Lipinski definition) is 0. The van der Waals surface area contributed by atoms with Gasteiger partial charge in [0.25, 0.3) is 0 Å². The van der Waals surface area contributed by atoms with Gasteiger partial charge in [-0.15, -0.1) is 0 Å². The summed E-state index contributed by atoms with van der Waals surface area (Å²) in [6.07, 6.45) is 3.95. The highest BCUT2D eigenvalue weighted by atomic mass is 32.2. The van der Waals surface area contributed by atoms with Crippen molar-refractivity contribution in [2.45, 2.75) is 76.6 Å². The van der Waals surface area contributed by atoms with Crippen LogP contribution in [-0.4, -0.2) is 18.0 Å². The largest absolute Gasteiger partial charge is 0.256 e. The SMILES string of the molecule is CC1(C)c2cc(-c3ccnc(-c4cccc5c4Sc4c(ccc6c4-c4ccccc4C6(C)C)[Si]5(C)C)c3-c3ccccn3)ccc2-c2c1ccc1c2Sc2ccccc2C1(c1ccccc1)c1ccccc1. The van der Waals surface area contributed by atoms with Gasteiger partial charge in [0, 0.05) is 59.5 Å². The number of hydrogen-bond acceptors (Lipinski definition) is 4. The molecule has 0 atom stereocenters. The van der Waals surface area contributed by atoms with Crippen molar-refractivity contribution in [3.63, 3.8) is 0 Å². The van der Waals surface area contributed by atoms with E-state index in [2.05, 4.69) is 229 Å². The van der Waals surface area contributed by atoms with Crippen molar-refractivity contribution in [3.05, 3.63) is 251 Å². The van der Waals surface area contributed by atoms with Crippen molar-refractivity contribution < 1.29 is 0 Å². The molecule has 2 nitrogen and oxygen atoms in total. The summed E-state index contributed by atoms with van der Waals surface area (Å²) < 4.78 is 0. The number of benzene rings is 8. The van der Waals surface area contributed by atoms with Gasteiger partial charge >= 0.3 is 0 Å². The Hall–Kier alpha value is -7.02. The van der Waals surface area contributed by atoms with Crippen molar-refractivity contribution in [2.24, 2.45) is 0 Å². The van der Waals surface area contributed by atoms with Gasteiger partial charge in [-0.1, -0.05) is 228 Å². The maximum Gasteiger partial charge on any atom is 0.115 e. The molecule has 4 heterocycles. The number of fused-ring (bicyclic) bond motifs is 12. The summed E-state index contributed by atoms with van der Waals surface area (Å²) in [4.78, 5) is 15.9. The maximum absolute atomic E-state index is 5.38. The standard InChI is InChI=1S/C67H52N2S2Si/c1-65(2)48-26-14-13-24-45(48)59-51(65)35-36-57-64(59)71-62-47(25-19-30-56(62)72(57,5)6)61-60(54-28-17-18-38-68-54)44(37-39-69-61)41-31-32-46-53(40-41)66(3,4)50-33-34-52-63(58(46)50)70-55-29-16-15-27-49(55)67(52,42-20-9-7-10-21-42)43-22-11-8-12-23-43/h7-40H,1-6H3. The Bertz CT molecular complexity index is 3860. The monoisotopic (exact) mass is 976 g/mol. The lowest BCUT2D eigenvalue weighted by molar-refractivity contribution is 0.655. The predicted molar refractivity (Wildman–Crippen MR) is 303 cm³/mol. The second kappa shape index (κ2) is 15.7. The molecule has 0 N–H and O–H groups in total. The van der Waals surface area contributed by atoms with E-state index in [9.17, 15) is 0 Å². The van der Waals surface area contributed by atoms with E-state index in [4.69, 9.17) is 9.97 Å². The van der Waals surface area contributed by atoms with Gasteiger partial charge < -0.3 is 0 Å². The van der Waals surface area contributed by atoms with Gasteiger partial charge in [0.05, 0.1) is 16.8 Å². The van der Waals surface area contributed by atoms with Crippen LogP contribution in [0.4, 0.5) is 0 Å². The maximum atomic E-state index is 5.38. The topological polar surface area (TPSA) is 25.8 Å². The summed E-state index contributed by atoms with van der Waals surface area (Å²) in [5, 5.41) is 2.98. The summed E-state index contributed by atoms with van der Waals surface area (Å²) in [5.41, 5.74) is 21.8. The second-order valence-corrected chi connectivity index (χ2v) is 28.0. The van der Waals surface area contributed by atoms with Crippen LogP contribution in [0.3, 0.4) is 0 Å². The van der Waals surface area contributed by atoms with Crippen LogP contribution in [0.25, 0.3) is 55.9 Å². The Morgan fingerprint density at radius 2 is 1.00 bits per heavy atom. The molecule has 0 unspecified atom stereocenters. The first-order chi connectivity index (χ1) is 35.0. The third-order valence-corrected chi connectivity index (χ3v) is 23.2. The minimum absolute atomic E-state index is 0.0701. The van der Waals surface area contributed by atoms with E-state index in [1.54, 1.807) is 0 Å². The van der Waals surface area contributed by atoms with Crippen molar-refractivity contribution in [1.29, 1.82) is 0 Å². The van der Waals surface area contributed by atoms with Crippen LogP contribution >= 0.6 is 23.5 Å². The number of aromatic nitrogens is 2. The summed E-state index contributed by atoms with van der Waals surface area (Å²) in [5.74, 6) is 0. The summed E-state index contributed by atoms with van der Waals surface area (Å²) in [6.45, 7) is 14.7. The van der Waals surface area contributed by atoms with Crippen LogP contribution in [0.5, 0.6) is 0 Å². The molecule has 0 spiro atoms. The summed E-state index contributed by atoms with van der Waals surface area (Å²) >= 11 is 3.90.